The normalized spacial score (nSPS) is 24.2. The van der Waals surface area contributed by atoms with Crippen LogP contribution in [0.25, 0.3) is 11.0 Å². The molecular weight excluding hydrogens is 398 g/mol. The van der Waals surface area contributed by atoms with E-state index in [4.69, 9.17) is 0 Å². The molecule has 2 aliphatic rings. The molecule has 2 heterocycles. The first-order chi connectivity index (χ1) is 12.4. The highest BCUT2D eigenvalue weighted by Crippen LogP contribution is 2.54. The van der Waals surface area contributed by atoms with Crippen LogP contribution >= 0.6 is 15.9 Å². The smallest absolute Gasteiger partial charge is 0.329 e. The number of halogens is 1. The second-order valence-corrected chi connectivity index (χ2v) is 8.57. The van der Waals surface area contributed by atoms with E-state index in [1.165, 1.54) is 6.20 Å². The summed E-state index contributed by atoms with van der Waals surface area (Å²) < 4.78 is 0.797. The number of rotatable bonds is 3. The molecular formula is C19H20BrN3O3. The van der Waals surface area contributed by atoms with Crippen molar-refractivity contribution in [2.24, 2.45) is 5.41 Å². The van der Waals surface area contributed by atoms with Gasteiger partial charge in [0.1, 0.15) is 5.54 Å². The van der Waals surface area contributed by atoms with E-state index in [1.54, 1.807) is 12.3 Å². The van der Waals surface area contributed by atoms with Crippen molar-refractivity contribution in [3.8, 4) is 0 Å². The van der Waals surface area contributed by atoms with E-state index in [2.05, 4.69) is 31.2 Å². The van der Waals surface area contributed by atoms with Crippen LogP contribution in [0.15, 0.2) is 29.0 Å². The summed E-state index contributed by atoms with van der Waals surface area (Å²) in [6.45, 7) is 0. The number of aromatic nitrogens is 2. The van der Waals surface area contributed by atoms with Gasteiger partial charge >= 0.3 is 5.97 Å². The minimum absolute atomic E-state index is 0.0976. The SMILES string of the molecule is O=C(NC1(C(=O)O)CCCC2(CCC2)C1)c1cnc2ncc(Br)cc2c1. The first-order valence-electron chi connectivity index (χ1n) is 8.89. The van der Waals surface area contributed by atoms with Crippen molar-refractivity contribution in [2.75, 3.05) is 0 Å². The Labute approximate surface area is 159 Å². The van der Waals surface area contributed by atoms with E-state index in [-0.39, 0.29) is 5.41 Å². The molecule has 0 aliphatic heterocycles. The molecule has 0 bridgehead atoms. The molecule has 2 saturated carbocycles. The van der Waals surface area contributed by atoms with Gasteiger partial charge in [-0.15, -0.1) is 0 Å². The Kier molecular flexibility index (Phi) is 4.22. The third-order valence-corrected chi connectivity index (χ3v) is 6.36. The number of carbonyl (C=O) groups is 2. The molecule has 1 amide bonds. The molecule has 0 aromatic carbocycles. The molecule has 26 heavy (non-hydrogen) atoms. The Bertz CT molecular complexity index is 897. The van der Waals surface area contributed by atoms with Crippen LogP contribution in [-0.2, 0) is 4.79 Å². The Morgan fingerprint density at radius 2 is 1.77 bits per heavy atom. The molecule has 1 unspecified atom stereocenters. The van der Waals surface area contributed by atoms with Gasteiger partial charge in [0.05, 0.1) is 5.56 Å². The molecule has 2 aromatic rings. The average molecular weight is 418 g/mol. The number of nitrogens with one attached hydrogen (secondary N) is 1. The number of amides is 1. The molecule has 7 heteroatoms. The Balaban J connectivity index is 1.62. The maximum absolute atomic E-state index is 12.8. The predicted octanol–water partition coefficient (Wildman–Crippen LogP) is 3.69. The largest absolute Gasteiger partial charge is 0.480 e. The first-order valence-corrected chi connectivity index (χ1v) is 9.68. The van der Waals surface area contributed by atoms with E-state index in [0.717, 1.165) is 42.0 Å². The fraction of sp³-hybridized carbons (Fsp3) is 0.474. The topological polar surface area (TPSA) is 92.2 Å². The lowest BCUT2D eigenvalue weighted by Crippen LogP contribution is -2.60. The van der Waals surface area contributed by atoms with Gasteiger partial charge in [0, 0.05) is 22.3 Å². The lowest BCUT2D eigenvalue weighted by atomic mass is 9.56. The van der Waals surface area contributed by atoms with Gasteiger partial charge in [-0.25, -0.2) is 14.8 Å². The molecule has 6 nitrogen and oxygen atoms in total. The van der Waals surface area contributed by atoms with Crippen molar-refractivity contribution in [1.82, 2.24) is 15.3 Å². The zero-order chi connectivity index (χ0) is 18.4. The lowest BCUT2D eigenvalue weighted by Gasteiger charge is -2.51. The van der Waals surface area contributed by atoms with Gasteiger partial charge in [-0.3, -0.25) is 4.79 Å². The zero-order valence-electron chi connectivity index (χ0n) is 14.3. The summed E-state index contributed by atoms with van der Waals surface area (Å²) in [4.78, 5) is 33.3. The van der Waals surface area contributed by atoms with Crippen LogP contribution in [0.2, 0.25) is 0 Å². The second-order valence-electron chi connectivity index (χ2n) is 7.65. The highest BCUT2D eigenvalue weighted by Gasteiger charge is 2.52. The van der Waals surface area contributed by atoms with Crippen LogP contribution < -0.4 is 5.32 Å². The Hall–Kier alpha value is -2.02. The summed E-state index contributed by atoms with van der Waals surface area (Å²) in [6.07, 6.45) is 9.28. The van der Waals surface area contributed by atoms with Crippen molar-refractivity contribution in [3.05, 3.63) is 34.6 Å². The van der Waals surface area contributed by atoms with Crippen molar-refractivity contribution >= 4 is 38.8 Å². The number of carboxylic acid groups (broad SMARTS) is 1. The van der Waals surface area contributed by atoms with Crippen molar-refractivity contribution < 1.29 is 14.7 Å². The predicted molar refractivity (Wildman–Crippen MR) is 99.8 cm³/mol. The fourth-order valence-corrected chi connectivity index (χ4v) is 4.79. The third kappa shape index (κ3) is 2.98. The maximum atomic E-state index is 12.8. The van der Waals surface area contributed by atoms with Gasteiger partial charge in [-0.05, 0) is 72.0 Å². The van der Waals surface area contributed by atoms with E-state index in [1.807, 2.05) is 6.07 Å². The number of carboxylic acids is 1. The first kappa shape index (κ1) is 17.4. The van der Waals surface area contributed by atoms with Crippen LogP contribution in [0.1, 0.15) is 55.3 Å². The molecule has 1 spiro atoms. The highest BCUT2D eigenvalue weighted by molar-refractivity contribution is 9.10. The van der Waals surface area contributed by atoms with Crippen molar-refractivity contribution in [1.29, 1.82) is 0 Å². The van der Waals surface area contributed by atoms with Crippen LogP contribution in [0.4, 0.5) is 0 Å². The van der Waals surface area contributed by atoms with E-state index < -0.39 is 17.4 Å². The van der Waals surface area contributed by atoms with Gasteiger partial charge < -0.3 is 10.4 Å². The minimum atomic E-state index is -1.18. The fourth-order valence-electron chi connectivity index (χ4n) is 4.44. The van der Waals surface area contributed by atoms with Gasteiger partial charge in [-0.2, -0.15) is 0 Å². The zero-order valence-corrected chi connectivity index (χ0v) is 15.9. The Morgan fingerprint density at radius 3 is 2.46 bits per heavy atom. The second kappa shape index (κ2) is 6.30. The molecule has 2 aromatic heterocycles. The van der Waals surface area contributed by atoms with E-state index >= 15 is 0 Å². The molecule has 2 fully saturated rings. The Morgan fingerprint density at radius 1 is 1.08 bits per heavy atom. The molecule has 0 radical (unpaired) electrons. The summed E-state index contributed by atoms with van der Waals surface area (Å²) in [5, 5.41) is 13.5. The van der Waals surface area contributed by atoms with Crippen molar-refractivity contribution in [2.45, 2.75) is 50.5 Å². The molecule has 136 valence electrons. The number of fused-ring (bicyclic) bond motifs is 1. The van der Waals surface area contributed by atoms with Crippen LogP contribution in [0, 0.1) is 5.41 Å². The molecule has 2 aliphatic carbocycles. The maximum Gasteiger partial charge on any atom is 0.329 e. The van der Waals surface area contributed by atoms with Crippen LogP contribution in [0.3, 0.4) is 0 Å². The summed E-state index contributed by atoms with van der Waals surface area (Å²) in [6, 6.07) is 3.54. The van der Waals surface area contributed by atoms with Crippen LogP contribution in [-0.4, -0.2) is 32.5 Å². The average Bonchev–Trinajstić information content (AvgIpc) is 2.59. The number of nitrogens with zero attached hydrogens (tertiary/aromatic N) is 2. The number of carbonyl (C=O) groups excluding carboxylic acids is 1. The lowest BCUT2D eigenvalue weighted by molar-refractivity contribution is -0.149. The minimum Gasteiger partial charge on any atom is -0.480 e. The number of hydrogen-bond donors (Lipinski definition) is 2. The quantitative estimate of drug-likeness (QED) is 0.793. The van der Waals surface area contributed by atoms with Gasteiger partial charge in [0.2, 0.25) is 0 Å². The third-order valence-electron chi connectivity index (χ3n) is 5.92. The molecule has 1 atom stereocenters. The number of hydrogen-bond acceptors (Lipinski definition) is 4. The molecule has 2 N–H and O–H groups in total. The summed E-state index contributed by atoms with van der Waals surface area (Å²) in [5.74, 6) is -1.33. The van der Waals surface area contributed by atoms with Crippen molar-refractivity contribution in [3.63, 3.8) is 0 Å². The standard InChI is InChI=1S/C19H20BrN3O3/c20-14-8-12-7-13(9-21-15(12)22-10-14)16(24)23-19(17(25)26)6-2-5-18(11-19)3-1-4-18/h7-10H,1-6,11H2,(H,23,24)(H,25,26). The van der Waals surface area contributed by atoms with Crippen LogP contribution in [0.5, 0.6) is 0 Å². The highest BCUT2D eigenvalue weighted by atomic mass is 79.9. The van der Waals surface area contributed by atoms with E-state index in [0.29, 0.717) is 24.1 Å². The van der Waals surface area contributed by atoms with Gasteiger partial charge in [-0.1, -0.05) is 6.42 Å². The summed E-state index contributed by atoms with van der Waals surface area (Å²) >= 11 is 3.36. The molecule has 4 rings (SSSR count). The van der Waals surface area contributed by atoms with E-state index in [9.17, 15) is 14.7 Å². The summed E-state index contributed by atoms with van der Waals surface area (Å²) in [7, 11) is 0. The van der Waals surface area contributed by atoms with Gasteiger partial charge in [0.25, 0.3) is 5.91 Å². The number of pyridine rings is 2. The summed E-state index contributed by atoms with van der Waals surface area (Å²) in [5.41, 5.74) is -0.185. The molecule has 0 saturated heterocycles. The number of aliphatic carboxylic acids is 1. The monoisotopic (exact) mass is 417 g/mol. The van der Waals surface area contributed by atoms with Gasteiger partial charge in [0.15, 0.2) is 5.65 Å².